The van der Waals surface area contributed by atoms with Gasteiger partial charge in [-0.05, 0) is 38.1 Å². The van der Waals surface area contributed by atoms with Crippen LogP contribution in [0.4, 0.5) is 18.0 Å². The maximum Gasteiger partial charge on any atom is 0.416 e. The molecule has 2 aromatic rings. The molecule has 8 heteroatoms. The minimum absolute atomic E-state index is 0.0798. The van der Waals surface area contributed by atoms with Gasteiger partial charge < -0.3 is 10.6 Å². The molecule has 0 aliphatic heterocycles. The molecule has 0 aliphatic rings. The second-order valence-electron chi connectivity index (χ2n) is 5.25. The first-order chi connectivity index (χ1) is 11.8. The van der Waals surface area contributed by atoms with Gasteiger partial charge in [-0.1, -0.05) is 11.8 Å². The molecule has 132 valence electrons. The zero-order valence-corrected chi connectivity index (χ0v) is 14.4. The van der Waals surface area contributed by atoms with E-state index < -0.39 is 11.7 Å². The number of alkyl halides is 3. The molecule has 1 atom stereocenters. The Morgan fingerprint density at radius 1 is 1.32 bits per heavy atom. The van der Waals surface area contributed by atoms with Gasteiger partial charge in [0.25, 0.3) is 0 Å². The predicted octanol–water partition coefficient (Wildman–Crippen LogP) is 3.88. The molecule has 0 bridgehead atoms. The number of nitrogens with zero attached hydrogens (tertiary/aromatic N) is 1. The van der Waals surface area contributed by atoms with Crippen molar-refractivity contribution in [2.24, 2.45) is 0 Å². The van der Waals surface area contributed by atoms with Crippen molar-refractivity contribution in [1.82, 2.24) is 15.6 Å². The quantitative estimate of drug-likeness (QED) is 0.809. The summed E-state index contributed by atoms with van der Waals surface area (Å²) < 4.78 is 37.3. The highest BCUT2D eigenvalue weighted by atomic mass is 32.1. The zero-order valence-electron chi connectivity index (χ0n) is 13.6. The van der Waals surface area contributed by atoms with Crippen LogP contribution in [0, 0.1) is 18.8 Å². The average molecular weight is 367 g/mol. The van der Waals surface area contributed by atoms with Crippen molar-refractivity contribution in [2.75, 3.05) is 6.54 Å². The van der Waals surface area contributed by atoms with E-state index in [-0.39, 0.29) is 18.6 Å². The number of carbonyl (C=O) groups excluding carboxylic acids is 1. The van der Waals surface area contributed by atoms with Crippen LogP contribution in [0.15, 0.2) is 29.6 Å². The maximum atomic E-state index is 12.4. The molecule has 2 amide bonds. The summed E-state index contributed by atoms with van der Waals surface area (Å²) in [6, 6.07) is 3.93. The molecular formula is C17H16F3N3OS. The molecule has 1 aromatic carbocycles. The molecule has 25 heavy (non-hydrogen) atoms. The van der Waals surface area contributed by atoms with Crippen LogP contribution in [-0.4, -0.2) is 17.6 Å². The van der Waals surface area contributed by atoms with Crippen LogP contribution >= 0.6 is 11.3 Å². The Kier molecular flexibility index (Phi) is 6.04. The summed E-state index contributed by atoms with van der Waals surface area (Å²) in [5.74, 6) is 5.39. The molecule has 1 aromatic heterocycles. The lowest BCUT2D eigenvalue weighted by molar-refractivity contribution is -0.137. The van der Waals surface area contributed by atoms with Gasteiger partial charge in [0.15, 0.2) is 0 Å². The molecule has 0 radical (unpaired) electrons. The van der Waals surface area contributed by atoms with E-state index in [0.29, 0.717) is 5.56 Å². The number of nitrogens with one attached hydrogen (secondary N) is 2. The van der Waals surface area contributed by atoms with E-state index in [1.165, 1.54) is 23.5 Å². The predicted molar refractivity (Wildman–Crippen MR) is 90.1 cm³/mol. The van der Waals surface area contributed by atoms with Crippen molar-refractivity contribution in [1.29, 1.82) is 0 Å². The number of amides is 2. The van der Waals surface area contributed by atoms with E-state index in [2.05, 4.69) is 27.5 Å². The van der Waals surface area contributed by atoms with Crippen molar-refractivity contribution in [2.45, 2.75) is 26.1 Å². The molecular weight excluding hydrogens is 351 g/mol. The molecule has 2 N–H and O–H groups in total. The number of aromatic nitrogens is 1. The third kappa shape index (κ3) is 5.80. The number of thiazole rings is 1. The van der Waals surface area contributed by atoms with Crippen LogP contribution in [0.2, 0.25) is 0 Å². The lowest BCUT2D eigenvalue weighted by Gasteiger charge is -2.11. The standard InChI is InChI=1S/C17H16F3N3OS/c1-11-10-25-15(22-11)12(2)23-16(24)21-9-3-4-13-5-7-14(8-6-13)17(18,19)20/h5-8,10,12H,9H2,1-2H3,(H2,21,23,24)/t12-/m1/s1. The summed E-state index contributed by atoms with van der Waals surface area (Å²) in [7, 11) is 0. The molecule has 4 nitrogen and oxygen atoms in total. The number of aryl methyl sites for hydroxylation is 1. The summed E-state index contributed by atoms with van der Waals surface area (Å²) >= 11 is 1.47. The Bertz CT molecular complexity index is 788. The molecule has 0 aliphatic carbocycles. The summed E-state index contributed by atoms with van der Waals surface area (Å²) in [6.45, 7) is 3.78. The fraction of sp³-hybridized carbons (Fsp3) is 0.294. The monoisotopic (exact) mass is 367 g/mol. The number of carbonyl (C=O) groups is 1. The number of benzene rings is 1. The highest BCUT2D eigenvalue weighted by molar-refractivity contribution is 7.09. The van der Waals surface area contributed by atoms with Crippen molar-refractivity contribution in [3.63, 3.8) is 0 Å². The normalized spacial score (nSPS) is 12.0. The van der Waals surface area contributed by atoms with Crippen LogP contribution in [0.1, 0.15) is 34.8 Å². The minimum Gasteiger partial charge on any atom is -0.329 e. The van der Waals surface area contributed by atoms with Crippen LogP contribution in [0.25, 0.3) is 0 Å². The Morgan fingerprint density at radius 3 is 2.56 bits per heavy atom. The number of halogens is 3. The van der Waals surface area contributed by atoms with E-state index in [4.69, 9.17) is 0 Å². The first kappa shape index (κ1) is 18.8. The third-order valence-corrected chi connectivity index (χ3v) is 4.28. The molecule has 2 rings (SSSR count). The Balaban J connectivity index is 1.80. The van der Waals surface area contributed by atoms with Gasteiger partial charge in [-0.2, -0.15) is 13.2 Å². The van der Waals surface area contributed by atoms with Gasteiger partial charge in [0.2, 0.25) is 0 Å². The van der Waals surface area contributed by atoms with Gasteiger partial charge in [-0.3, -0.25) is 0 Å². The highest BCUT2D eigenvalue weighted by Gasteiger charge is 2.29. The molecule has 0 saturated carbocycles. The van der Waals surface area contributed by atoms with E-state index in [0.717, 1.165) is 22.8 Å². The number of hydrogen-bond acceptors (Lipinski definition) is 3. The van der Waals surface area contributed by atoms with Gasteiger partial charge in [0.1, 0.15) is 5.01 Å². The van der Waals surface area contributed by atoms with Gasteiger partial charge in [0.05, 0.1) is 18.2 Å². The molecule has 1 heterocycles. The maximum absolute atomic E-state index is 12.4. The van der Waals surface area contributed by atoms with Crippen molar-refractivity contribution >= 4 is 17.4 Å². The number of hydrogen-bond donors (Lipinski definition) is 2. The van der Waals surface area contributed by atoms with E-state index >= 15 is 0 Å². The van der Waals surface area contributed by atoms with E-state index in [1.807, 2.05) is 19.2 Å². The topological polar surface area (TPSA) is 54.0 Å². The van der Waals surface area contributed by atoms with Crippen LogP contribution in [0.5, 0.6) is 0 Å². The van der Waals surface area contributed by atoms with Crippen molar-refractivity contribution < 1.29 is 18.0 Å². The zero-order chi connectivity index (χ0) is 18.4. The largest absolute Gasteiger partial charge is 0.416 e. The first-order valence-electron chi connectivity index (χ1n) is 7.38. The first-order valence-corrected chi connectivity index (χ1v) is 8.26. The second kappa shape index (κ2) is 8.03. The summed E-state index contributed by atoms with van der Waals surface area (Å²) in [4.78, 5) is 16.1. The summed E-state index contributed by atoms with van der Waals surface area (Å²) in [5.41, 5.74) is 0.625. The number of urea groups is 1. The van der Waals surface area contributed by atoms with Crippen molar-refractivity contribution in [3.8, 4) is 11.8 Å². The van der Waals surface area contributed by atoms with Crippen LogP contribution in [-0.2, 0) is 6.18 Å². The van der Waals surface area contributed by atoms with E-state index in [1.54, 1.807) is 0 Å². The highest BCUT2D eigenvalue weighted by Crippen LogP contribution is 2.28. The average Bonchev–Trinajstić information content (AvgIpc) is 2.98. The Labute approximate surface area is 147 Å². The summed E-state index contributed by atoms with van der Waals surface area (Å²) in [5, 5.41) is 8.02. The SMILES string of the molecule is Cc1csc([C@@H](C)NC(=O)NCC#Cc2ccc(C(F)(F)F)cc2)n1. The van der Waals surface area contributed by atoms with Gasteiger partial charge in [0, 0.05) is 16.6 Å². The molecule has 0 saturated heterocycles. The van der Waals surface area contributed by atoms with Crippen molar-refractivity contribution in [3.05, 3.63) is 51.5 Å². The fourth-order valence-electron chi connectivity index (χ4n) is 1.89. The summed E-state index contributed by atoms with van der Waals surface area (Å²) in [6.07, 6.45) is -4.36. The lowest BCUT2D eigenvalue weighted by atomic mass is 10.1. The minimum atomic E-state index is -4.36. The fourth-order valence-corrected chi connectivity index (χ4v) is 2.70. The molecule has 0 spiro atoms. The van der Waals surface area contributed by atoms with Gasteiger partial charge in [-0.15, -0.1) is 11.3 Å². The van der Waals surface area contributed by atoms with E-state index in [9.17, 15) is 18.0 Å². The smallest absolute Gasteiger partial charge is 0.329 e. The van der Waals surface area contributed by atoms with Gasteiger partial charge in [-0.25, -0.2) is 9.78 Å². The van der Waals surface area contributed by atoms with Crippen LogP contribution in [0.3, 0.4) is 0 Å². The molecule has 0 unspecified atom stereocenters. The molecule has 0 fully saturated rings. The third-order valence-electron chi connectivity index (χ3n) is 3.14. The Morgan fingerprint density at radius 2 is 2.00 bits per heavy atom. The second-order valence-corrected chi connectivity index (χ2v) is 6.14. The number of rotatable bonds is 3. The Hall–Kier alpha value is -2.53. The lowest BCUT2D eigenvalue weighted by Crippen LogP contribution is -2.37. The van der Waals surface area contributed by atoms with Gasteiger partial charge >= 0.3 is 12.2 Å². The van der Waals surface area contributed by atoms with Crippen LogP contribution < -0.4 is 10.6 Å².